The van der Waals surface area contributed by atoms with Gasteiger partial charge < -0.3 is 20.3 Å². The number of methoxy groups -OCH3 is 1. The van der Waals surface area contributed by atoms with Gasteiger partial charge in [-0.25, -0.2) is 0 Å². The van der Waals surface area contributed by atoms with Crippen molar-refractivity contribution in [2.75, 3.05) is 30.8 Å². The Kier molecular flexibility index (Phi) is 7.71. The van der Waals surface area contributed by atoms with Crippen LogP contribution in [0.1, 0.15) is 49.4 Å². The number of hydrogen-bond donors (Lipinski definition) is 2. The lowest BCUT2D eigenvalue weighted by molar-refractivity contribution is -0.132. The van der Waals surface area contributed by atoms with Crippen LogP contribution in [0.3, 0.4) is 0 Å². The average Bonchev–Trinajstić information content (AvgIpc) is 2.79. The van der Waals surface area contributed by atoms with Crippen LogP contribution in [-0.4, -0.2) is 43.0 Å². The van der Waals surface area contributed by atoms with E-state index in [-0.39, 0.29) is 18.4 Å². The first-order chi connectivity index (χ1) is 14.6. The molecule has 2 aromatic rings. The Morgan fingerprint density at radius 3 is 2.20 bits per heavy atom. The zero-order valence-corrected chi connectivity index (χ0v) is 17.8. The topological polar surface area (TPSA) is 70.7 Å². The van der Waals surface area contributed by atoms with E-state index in [1.54, 1.807) is 43.5 Å². The SMILES string of the molecule is CCN(C(=O)CNc1ccc(C(=O)Nc2ccc(OC)cc2)cc1)C1CCCCC1. The van der Waals surface area contributed by atoms with Crippen molar-refractivity contribution in [3.63, 3.8) is 0 Å². The molecule has 0 bridgehead atoms. The lowest BCUT2D eigenvalue weighted by atomic mass is 9.94. The first-order valence-electron chi connectivity index (χ1n) is 10.7. The molecule has 2 aromatic carbocycles. The minimum absolute atomic E-state index is 0.130. The molecule has 160 valence electrons. The van der Waals surface area contributed by atoms with E-state index >= 15 is 0 Å². The summed E-state index contributed by atoms with van der Waals surface area (Å²) in [5, 5.41) is 6.05. The molecular weight excluding hydrogens is 378 g/mol. The van der Waals surface area contributed by atoms with E-state index < -0.39 is 0 Å². The van der Waals surface area contributed by atoms with E-state index in [9.17, 15) is 9.59 Å². The van der Waals surface area contributed by atoms with Crippen molar-refractivity contribution >= 4 is 23.2 Å². The molecule has 0 atom stereocenters. The van der Waals surface area contributed by atoms with E-state index in [4.69, 9.17) is 4.74 Å². The zero-order valence-electron chi connectivity index (χ0n) is 17.8. The zero-order chi connectivity index (χ0) is 21.3. The maximum Gasteiger partial charge on any atom is 0.255 e. The number of amides is 2. The van der Waals surface area contributed by atoms with Crippen LogP contribution in [0.25, 0.3) is 0 Å². The number of hydrogen-bond acceptors (Lipinski definition) is 4. The molecule has 2 N–H and O–H groups in total. The number of nitrogens with one attached hydrogen (secondary N) is 2. The molecule has 1 aliphatic rings. The fraction of sp³-hybridized carbons (Fsp3) is 0.417. The summed E-state index contributed by atoms with van der Waals surface area (Å²) in [4.78, 5) is 27.1. The van der Waals surface area contributed by atoms with Crippen LogP contribution in [0.4, 0.5) is 11.4 Å². The minimum Gasteiger partial charge on any atom is -0.497 e. The number of nitrogens with zero attached hydrogens (tertiary/aromatic N) is 1. The Hall–Kier alpha value is -3.02. The normalized spacial score (nSPS) is 14.1. The van der Waals surface area contributed by atoms with Gasteiger partial charge in [0.15, 0.2) is 0 Å². The average molecular weight is 410 g/mol. The maximum absolute atomic E-state index is 12.7. The lowest BCUT2D eigenvalue weighted by Crippen LogP contribution is -2.43. The molecule has 0 spiro atoms. The summed E-state index contributed by atoms with van der Waals surface area (Å²) in [6, 6.07) is 14.7. The highest BCUT2D eigenvalue weighted by atomic mass is 16.5. The molecule has 3 rings (SSSR count). The van der Waals surface area contributed by atoms with Gasteiger partial charge in [0.05, 0.1) is 13.7 Å². The Balaban J connectivity index is 1.51. The van der Waals surface area contributed by atoms with Crippen LogP contribution >= 0.6 is 0 Å². The highest BCUT2D eigenvalue weighted by molar-refractivity contribution is 6.04. The van der Waals surface area contributed by atoms with Crippen molar-refractivity contribution in [1.82, 2.24) is 4.90 Å². The number of carbonyl (C=O) groups excluding carboxylic acids is 2. The second-order valence-corrected chi connectivity index (χ2v) is 7.59. The Morgan fingerprint density at radius 1 is 0.967 bits per heavy atom. The number of rotatable bonds is 8. The van der Waals surface area contributed by atoms with Crippen LogP contribution in [-0.2, 0) is 4.79 Å². The summed E-state index contributed by atoms with van der Waals surface area (Å²) in [6.07, 6.45) is 5.91. The second-order valence-electron chi connectivity index (χ2n) is 7.59. The smallest absolute Gasteiger partial charge is 0.255 e. The third-order valence-corrected chi connectivity index (χ3v) is 5.62. The van der Waals surface area contributed by atoms with Crippen LogP contribution in [0.2, 0.25) is 0 Å². The van der Waals surface area contributed by atoms with Gasteiger partial charge in [0.2, 0.25) is 5.91 Å². The summed E-state index contributed by atoms with van der Waals surface area (Å²) < 4.78 is 5.12. The number of anilines is 2. The third kappa shape index (κ3) is 5.75. The molecule has 1 fully saturated rings. The van der Waals surface area contributed by atoms with Gasteiger partial charge in [0.25, 0.3) is 5.91 Å². The molecule has 0 radical (unpaired) electrons. The molecule has 0 heterocycles. The van der Waals surface area contributed by atoms with E-state index in [0.29, 0.717) is 17.3 Å². The summed E-state index contributed by atoms with van der Waals surface area (Å²) in [5.41, 5.74) is 2.08. The van der Waals surface area contributed by atoms with Crippen molar-refractivity contribution in [2.24, 2.45) is 0 Å². The van der Waals surface area contributed by atoms with Crippen molar-refractivity contribution in [3.8, 4) is 5.75 Å². The standard InChI is InChI=1S/C24H31N3O3/c1-3-27(21-7-5-4-6-8-21)23(28)17-25-19-11-9-18(10-12-19)24(29)26-20-13-15-22(30-2)16-14-20/h9-16,21,25H,3-8,17H2,1-2H3,(H,26,29). The molecule has 6 nitrogen and oxygen atoms in total. The number of carbonyl (C=O) groups is 2. The molecule has 0 aliphatic heterocycles. The van der Waals surface area contributed by atoms with Crippen molar-refractivity contribution < 1.29 is 14.3 Å². The molecule has 6 heteroatoms. The lowest BCUT2D eigenvalue weighted by Gasteiger charge is -2.33. The molecule has 1 aliphatic carbocycles. The Labute approximate surface area is 178 Å². The van der Waals surface area contributed by atoms with Crippen LogP contribution in [0, 0.1) is 0 Å². The second kappa shape index (κ2) is 10.7. The predicted molar refractivity (Wildman–Crippen MR) is 120 cm³/mol. The van der Waals surface area contributed by atoms with Gasteiger partial charge in [0, 0.05) is 29.5 Å². The molecule has 0 aromatic heterocycles. The number of likely N-dealkylation sites (N-methyl/N-ethyl adjacent to an activating group) is 1. The first kappa shape index (κ1) is 21.7. The van der Waals surface area contributed by atoms with Crippen molar-refractivity contribution in [3.05, 3.63) is 54.1 Å². The van der Waals surface area contributed by atoms with Gasteiger partial charge in [-0.15, -0.1) is 0 Å². The molecule has 2 amide bonds. The molecule has 0 saturated heterocycles. The summed E-state index contributed by atoms with van der Waals surface area (Å²) in [6.45, 7) is 3.06. The Morgan fingerprint density at radius 2 is 1.60 bits per heavy atom. The van der Waals surface area contributed by atoms with Gasteiger partial charge in [0.1, 0.15) is 5.75 Å². The fourth-order valence-electron chi connectivity index (χ4n) is 3.93. The maximum atomic E-state index is 12.7. The molecule has 1 saturated carbocycles. The van der Waals surface area contributed by atoms with E-state index in [1.165, 1.54) is 19.3 Å². The predicted octanol–water partition coefficient (Wildman–Crippen LogP) is 4.54. The summed E-state index contributed by atoms with van der Waals surface area (Å²) >= 11 is 0. The Bertz CT molecular complexity index is 828. The highest BCUT2D eigenvalue weighted by Crippen LogP contribution is 2.23. The quantitative estimate of drug-likeness (QED) is 0.671. The first-order valence-corrected chi connectivity index (χ1v) is 10.7. The minimum atomic E-state index is -0.183. The number of ether oxygens (including phenoxy) is 1. The van der Waals surface area contributed by atoms with Gasteiger partial charge in [-0.3, -0.25) is 9.59 Å². The molecule has 30 heavy (non-hydrogen) atoms. The number of benzene rings is 2. The van der Waals surface area contributed by atoms with Gasteiger partial charge >= 0.3 is 0 Å². The van der Waals surface area contributed by atoms with Gasteiger partial charge in [-0.2, -0.15) is 0 Å². The highest BCUT2D eigenvalue weighted by Gasteiger charge is 2.23. The molecular formula is C24H31N3O3. The van der Waals surface area contributed by atoms with E-state index in [0.717, 1.165) is 30.8 Å². The van der Waals surface area contributed by atoms with Crippen LogP contribution in [0.5, 0.6) is 5.75 Å². The summed E-state index contributed by atoms with van der Waals surface area (Å²) in [7, 11) is 1.60. The van der Waals surface area contributed by atoms with E-state index in [2.05, 4.69) is 10.6 Å². The fourth-order valence-corrected chi connectivity index (χ4v) is 3.93. The monoisotopic (exact) mass is 409 g/mol. The van der Waals surface area contributed by atoms with Gasteiger partial charge in [-0.1, -0.05) is 19.3 Å². The van der Waals surface area contributed by atoms with Crippen LogP contribution in [0.15, 0.2) is 48.5 Å². The largest absolute Gasteiger partial charge is 0.497 e. The van der Waals surface area contributed by atoms with Crippen LogP contribution < -0.4 is 15.4 Å². The van der Waals surface area contributed by atoms with E-state index in [1.807, 2.05) is 24.0 Å². The molecule has 0 unspecified atom stereocenters. The van der Waals surface area contributed by atoms with Crippen molar-refractivity contribution in [1.29, 1.82) is 0 Å². The van der Waals surface area contributed by atoms with Crippen molar-refractivity contribution in [2.45, 2.75) is 45.1 Å². The van der Waals surface area contributed by atoms with Gasteiger partial charge in [-0.05, 0) is 68.3 Å². The summed E-state index contributed by atoms with van der Waals surface area (Å²) in [5.74, 6) is 0.686. The third-order valence-electron chi connectivity index (χ3n) is 5.62.